The van der Waals surface area contributed by atoms with Crippen molar-refractivity contribution in [2.75, 3.05) is 6.54 Å². The smallest absolute Gasteiger partial charge is 0.317 e. The first-order valence-electron chi connectivity index (χ1n) is 7.15. The Hall–Kier alpha value is -1.86. The van der Waals surface area contributed by atoms with Gasteiger partial charge < -0.3 is 16.8 Å². The predicted molar refractivity (Wildman–Crippen MR) is 89.3 cm³/mol. The standard InChI is InChI=1S/C16H19F2N3OS/c1-8-3-4-11-12(5-10(17)6-13(11)18)14(8)23-15(9(2)7-19)21-16(20)22/h5-6H,3-4,7,19H2,1-2H3,(H3,20,21,22)/b15-9+. The second-order valence-electron chi connectivity index (χ2n) is 5.43. The lowest BCUT2D eigenvalue weighted by atomic mass is 9.92. The fraction of sp³-hybridized carbons (Fsp3) is 0.312. The summed E-state index contributed by atoms with van der Waals surface area (Å²) in [4.78, 5) is 11.9. The average Bonchev–Trinajstić information content (AvgIpc) is 2.47. The quantitative estimate of drug-likeness (QED) is 0.788. The summed E-state index contributed by atoms with van der Waals surface area (Å²) in [6.07, 6.45) is 1.19. The second-order valence-corrected chi connectivity index (χ2v) is 6.45. The lowest BCUT2D eigenvalue weighted by Crippen LogP contribution is -2.29. The maximum absolute atomic E-state index is 14.0. The van der Waals surface area contributed by atoms with Gasteiger partial charge in [0.1, 0.15) is 11.6 Å². The zero-order valence-corrected chi connectivity index (χ0v) is 13.8. The first-order valence-corrected chi connectivity index (χ1v) is 7.97. The van der Waals surface area contributed by atoms with Gasteiger partial charge in [0.25, 0.3) is 0 Å². The summed E-state index contributed by atoms with van der Waals surface area (Å²) in [5, 5.41) is 3.03. The van der Waals surface area contributed by atoms with E-state index in [1.54, 1.807) is 6.92 Å². The Morgan fingerprint density at radius 1 is 1.35 bits per heavy atom. The van der Waals surface area contributed by atoms with E-state index in [0.717, 1.165) is 22.1 Å². The van der Waals surface area contributed by atoms with Crippen LogP contribution in [-0.4, -0.2) is 12.6 Å². The van der Waals surface area contributed by atoms with Crippen LogP contribution in [0.5, 0.6) is 0 Å². The lowest BCUT2D eigenvalue weighted by Gasteiger charge is -2.23. The number of hydrogen-bond acceptors (Lipinski definition) is 3. The minimum Gasteiger partial charge on any atom is -0.351 e. The van der Waals surface area contributed by atoms with Crippen molar-refractivity contribution >= 4 is 22.7 Å². The van der Waals surface area contributed by atoms with Crippen LogP contribution in [0.25, 0.3) is 4.91 Å². The van der Waals surface area contributed by atoms with Crippen molar-refractivity contribution in [2.45, 2.75) is 26.7 Å². The molecule has 0 aromatic heterocycles. The lowest BCUT2D eigenvalue weighted by molar-refractivity contribution is 0.251. The molecule has 5 N–H and O–H groups in total. The Bertz CT molecular complexity index is 714. The van der Waals surface area contributed by atoms with Crippen LogP contribution in [-0.2, 0) is 6.42 Å². The number of urea groups is 1. The summed E-state index contributed by atoms with van der Waals surface area (Å²) in [6.45, 7) is 3.91. The number of hydrogen-bond donors (Lipinski definition) is 3. The molecule has 124 valence electrons. The molecule has 2 rings (SSSR count). The molecular weight excluding hydrogens is 320 g/mol. The first-order chi connectivity index (χ1) is 10.8. The van der Waals surface area contributed by atoms with E-state index in [9.17, 15) is 13.6 Å². The normalized spacial score (nSPS) is 15.2. The van der Waals surface area contributed by atoms with Crippen LogP contribution in [0.1, 0.15) is 31.4 Å². The van der Waals surface area contributed by atoms with Crippen LogP contribution >= 0.6 is 11.8 Å². The highest BCUT2D eigenvalue weighted by Gasteiger charge is 2.23. The molecule has 0 aliphatic heterocycles. The summed E-state index contributed by atoms with van der Waals surface area (Å²) in [6, 6.07) is 1.51. The van der Waals surface area contributed by atoms with E-state index in [1.165, 1.54) is 17.8 Å². The first kappa shape index (κ1) is 17.5. The van der Waals surface area contributed by atoms with Gasteiger partial charge in [0, 0.05) is 17.5 Å². The molecule has 1 aliphatic carbocycles. The third-order valence-electron chi connectivity index (χ3n) is 3.68. The summed E-state index contributed by atoms with van der Waals surface area (Å²) in [5.74, 6) is -1.17. The second kappa shape index (κ2) is 7.14. The van der Waals surface area contributed by atoms with Gasteiger partial charge in [-0.1, -0.05) is 17.3 Å². The van der Waals surface area contributed by atoms with Crippen molar-refractivity contribution in [3.05, 3.63) is 51.1 Å². The molecule has 0 fully saturated rings. The van der Waals surface area contributed by atoms with Crippen LogP contribution in [0.2, 0.25) is 0 Å². The molecule has 0 heterocycles. The molecule has 0 radical (unpaired) electrons. The van der Waals surface area contributed by atoms with Gasteiger partial charge in [-0.05, 0) is 49.5 Å². The van der Waals surface area contributed by atoms with Gasteiger partial charge in [-0.2, -0.15) is 0 Å². The largest absolute Gasteiger partial charge is 0.351 e. The van der Waals surface area contributed by atoms with Crippen molar-refractivity contribution in [2.24, 2.45) is 11.5 Å². The highest BCUT2D eigenvalue weighted by molar-refractivity contribution is 8.11. The molecular formula is C16H19F2N3OS. The number of allylic oxidation sites excluding steroid dienone is 1. The number of rotatable bonds is 4. The SMILES string of the molecule is CC1=C(S/C(NC(N)=O)=C(\C)CN)c2cc(F)cc(F)c2CC1. The molecule has 1 aromatic carbocycles. The minimum absolute atomic E-state index is 0.235. The molecule has 4 nitrogen and oxygen atoms in total. The van der Waals surface area contributed by atoms with E-state index in [-0.39, 0.29) is 6.54 Å². The van der Waals surface area contributed by atoms with E-state index in [0.29, 0.717) is 29.0 Å². The molecule has 0 saturated carbocycles. The van der Waals surface area contributed by atoms with E-state index >= 15 is 0 Å². The maximum atomic E-state index is 14.0. The number of primary amides is 1. The third-order valence-corrected chi connectivity index (χ3v) is 5.10. The van der Waals surface area contributed by atoms with E-state index in [4.69, 9.17) is 11.5 Å². The molecule has 2 amide bonds. The summed E-state index contributed by atoms with van der Waals surface area (Å²) >= 11 is 1.23. The topological polar surface area (TPSA) is 81.1 Å². The van der Waals surface area contributed by atoms with Gasteiger partial charge in [-0.15, -0.1) is 0 Å². The number of halogens is 2. The fourth-order valence-corrected chi connectivity index (χ4v) is 3.57. The third kappa shape index (κ3) is 3.92. The van der Waals surface area contributed by atoms with Crippen LogP contribution in [0.15, 0.2) is 28.3 Å². The van der Waals surface area contributed by atoms with Gasteiger partial charge in [-0.3, -0.25) is 0 Å². The number of thioether (sulfide) groups is 1. The molecule has 1 aromatic rings. The van der Waals surface area contributed by atoms with Gasteiger partial charge in [0.2, 0.25) is 0 Å². The number of carbonyl (C=O) groups is 1. The fourth-order valence-electron chi connectivity index (χ4n) is 2.38. The Kier molecular flexibility index (Phi) is 5.43. The Morgan fingerprint density at radius 3 is 2.65 bits per heavy atom. The van der Waals surface area contributed by atoms with Crippen LogP contribution in [0, 0.1) is 11.6 Å². The van der Waals surface area contributed by atoms with Crippen molar-refractivity contribution in [1.29, 1.82) is 0 Å². The van der Waals surface area contributed by atoms with E-state index < -0.39 is 17.7 Å². The molecule has 0 atom stereocenters. The van der Waals surface area contributed by atoms with Gasteiger partial charge in [0.15, 0.2) is 0 Å². The predicted octanol–water partition coefficient (Wildman–Crippen LogP) is 3.23. The Morgan fingerprint density at radius 2 is 2.04 bits per heavy atom. The highest BCUT2D eigenvalue weighted by Crippen LogP contribution is 2.43. The number of fused-ring (bicyclic) bond motifs is 1. The molecule has 0 unspecified atom stereocenters. The van der Waals surface area contributed by atoms with E-state index in [2.05, 4.69) is 5.32 Å². The number of nitrogens with two attached hydrogens (primary N) is 2. The minimum atomic E-state index is -0.708. The number of nitrogens with one attached hydrogen (secondary N) is 1. The number of benzene rings is 1. The average molecular weight is 339 g/mol. The van der Waals surface area contributed by atoms with Crippen molar-refractivity contribution in [1.82, 2.24) is 5.32 Å². The molecule has 0 bridgehead atoms. The number of amides is 2. The van der Waals surface area contributed by atoms with Gasteiger partial charge in [0.05, 0.1) is 5.03 Å². The van der Waals surface area contributed by atoms with Crippen LogP contribution in [0.4, 0.5) is 13.6 Å². The molecule has 1 aliphatic rings. The summed E-state index contributed by atoms with van der Waals surface area (Å²) in [7, 11) is 0. The van der Waals surface area contributed by atoms with Crippen molar-refractivity contribution in [3.63, 3.8) is 0 Å². The highest BCUT2D eigenvalue weighted by atomic mass is 32.2. The zero-order chi connectivity index (χ0) is 17.1. The molecule has 0 spiro atoms. The molecule has 23 heavy (non-hydrogen) atoms. The zero-order valence-electron chi connectivity index (χ0n) is 13.0. The molecule has 7 heteroatoms. The Balaban J connectivity index is 2.48. The Labute approximate surface area is 138 Å². The monoisotopic (exact) mass is 339 g/mol. The summed E-state index contributed by atoms with van der Waals surface area (Å²) < 4.78 is 27.6. The number of carbonyl (C=O) groups excluding carboxylic acids is 1. The van der Waals surface area contributed by atoms with Gasteiger partial charge in [-0.25, -0.2) is 13.6 Å². The van der Waals surface area contributed by atoms with Crippen molar-refractivity contribution in [3.8, 4) is 0 Å². The maximum Gasteiger partial charge on any atom is 0.317 e. The summed E-state index contributed by atoms with van der Waals surface area (Å²) in [5.41, 5.74) is 13.6. The van der Waals surface area contributed by atoms with Crippen LogP contribution < -0.4 is 16.8 Å². The molecule has 0 saturated heterocycles. The van der Waals surface area contributed by atoms with Gasteiger partial charge >= 0.3 is 6.03 Å². The van der Waals surface area contributed by atoms with Crippen LogP contribution in [0.3, 0.4) is 0 Å². The van der Waals surface area contributed by atoms with Crippen molar-refractivity contribution < 1.29 is 13.6 Å². The van der Waals surface area contributed by atoms with E-state index in [1.807, 2.05) is 6.92 Å².